The average molecular weight is 316 g/mol. The summed E-state index contributed by atoms with van der Waals surface area (Å²) in [6.45, 7) is 5.22. The molecule has 1 aromatic heterocycles. The van der Waals surface area contributed by atoms with Crippen LogP contribution >= 0.6 is 0 Å². The summed E-state index contributed by atoms with van der Waals surface area (Å²) in [5, 5.41) is 0. The van der Waals surface area contributed by atoms with Crippen LogP contribution in [0, 0.1) is 5.92 Å². The number of hydrogen-bond acceptors (Lipinski definition) is 3. The number of carbonyl (C=O) groups excluding carboxylic acids is 1. The number of imidazole rings is 1. The van der Waals surface area contributed by atoms with Crippen molar-refractivity contribution in [2.24, 2.45) is 11.7 Å². The van der Waals surface area contributed by atoms with E-state index in [1.165, 1.54) is 0 Å². The third kappa shape index (κ3) is 2.91. The zero-order valence-corrected chi connectivity index (χ0v) is 13.7. The Morgan fingerprint density at radius 2 is 1.91 bits per heavy atom. The van der Waals surface area contributed by atoms with E-state index in [-0.39, 0.29) is 23.6 Å². The first-order valence-corrected chi connectivity index (χ1v) is 8.22. The topological polar surface area (TPSA) is 84.1 Å². The van der Waals surface area contributed by atoms with Crippen molar-refractivity contribution in [1.82, 2.24) is 14.5 Å². The zero-order valence-electron chi connectivity index (χ0n) is 13.7. The van der Waals surface area contributed by atoms with Gasteiger partial charge in [-0.2, -0.15) is 0 Å². The van der Waals surface area contributed by atoms with Gasteiger partial charge in [0.1, 0.15) is 0 Å². The van der Waals surface area contributed by atoms with Gasteiger partial charge >= 0.3 is 5.69 Å². The number of para-hydroxylation sites is 2. The number of aromatic amines is 1. The number of amides is 1. The smallest absolute Gasteiger partial charge is 0.326 e. The maximum Gasteiger partial charge on any atom is 0.326 e. The van der Waals surface area contributed by atoms with Gasteiger partial charge in [0.15, 0.2) is 0 Å². The van der Waals surface area contributed by atoms with Gasteiger partial charge in [0.25, 0.3) is 0 Å². The number of carbonyl (C=O) groups is 1. The number of nitrogens with one attached hydrogen (secondary N) is 1. The molecule has 3 rings (SSSR count). The molecule has 1 saturated heterocycles. The van der Waals surface area contributed by atoms with Gasteiger partial charge in [-0.3, -0.25) is 9.36 Å². The Bertz CT molecular complexity index is 753. The molecule has 1 unspecified atom stereocenters. The summed E-state index contributed by atoms with van der Waals surface area (Å²) in [4.78, 5) is 29.3. The van der Waals surface area contributed by atoms with Crippen molar-refractivity contribution in [1.29, 1.82) is 0 Å². The molecule has 1 aromatic carbocycles. The van der Waals surface area contributed by atoms with Crippen molar-refractivity contribution in [2.75, 3.05) is 13.1 Å². The second-order valence-electron chi connectivity index (χ2n) is 6.64. The first kappa shape index (κ1) is 15.8. The predicted octanol–water partition coefficient (Wildman–Crippen LogP) is 1.48. The number of H-pyrrole nitrogens is 1. The molecule has 1 aliphatic heterocycles. The lowest BCUT2D eigenvalue weighted by molar-refractivity contribution is -0.134. The van der Waals surface area contributed by atoms with Crippen LogP contribution in [0.4, 0.5) is 0 Å². The molecule has 6 nitrogen and oxygen atoms in total. The molecule has 0 spiro atoms. The quantitative estimate of drug-likeness (QED) is 0.899. The van der Waals surface area contributed by atoms with Crippen LogP contribution in [0.1, 0.15) is 32.7 Å². The Labute approximate surface area is 135 Å². The molecule has 0 radical (unpaired) electrons. The highest BCUT2D eigenvalue weighted by Crippen LogP contribution is 2.25. The fourth-order valence-corrected chi connectivity index (χ4v) is 3.28. The van der Waals surface area contributed by atoms with E-state index in [0.29, 0.717) is 13.1 Å². The number of piperidine rings is 1. The van der Waals surface area contributed by atoms with Gasteiger partial charge in [0.05, 0.1) is 17.1 Å². The number of likely N-dealkylation sites (tertiary alicyclic amines) is 1. The summed E-state index contributed by atoms with van der Waals surface area (Å²) in [6, 6.07) is 7.40. The highest BCUT2D eigenvalue weighted by atomic mass is 16.2. The second-order valence-corrected chi connectivity index (χ2v) is 6.64. The van der Waals surface area contributed by atoms with Crippen molar-refractivity contribution < 1.29 is 4.79 Å². The summed E-state index contributed by atoms with van der Waals surface area (Å²) in [5.41, 5.74) is 7.68. The average Bonchev–Trinajstić information content (AvgIpc) is 2.89. The van der Waals surface area contributed by atoms with Crippen LogP contribution in [-0.2, 0) is 4.79 Å². The molecule has 0 aliphatic carbocycles. The number of aromatic nitrogens is 2. The summed E-state index contributed by atoms with van der Waals surface area (Å²) < 4.78 is 1.83. The molecular weight excluding hydrogens is 292 g/mol. The lowest BCUT2D eigenvalue weighted by Crippen LogP contribution is -2.49. The fraction of sp³-hybridized carbons (Fsp3) is 0.529. The predicted molar refractivity (Wildman–Crippen MR) is 90.2 cm³/mol. The van der Waals surface area contributed by atoms with Crippen molar-refractivity contribution in [3.8, 4) is 0 Å². The maximum atomic E-state index is 12.3. The fourth-order valence-electron chi connectivity index (χ4n) is 3.28. The molecule has 2 aromatic rings. The highest BCUT2D eigenvalue weighted by Gasteiger charge is 2.29. The van der Waals surface area contributed by atoms with Crippen LogP contribution in [0.3, 0.4) is 0 Å². The van der Waals surface area contributed by atoms with Crippen LogP contribution in [-0.4, -0.2) is 39.5 Å². The second kappa shape index (κ2) is 6.20. The van der Waals surface area contributed by atoms with Gasteiger partial charge in [-0.05, 0) is 30.9 Å². The molecule has 1 aliphatic rings. The Balaban J connectivity index is 1.75. The van der Waals surface area contributed by atoms with E-state index in [1.807, 2.05) is 47.6 Å². The van der Waals surface area contributed by atoms with Gasteiger partial charge in [0, 0.05) is 19.1 Å². The Hall–Kier alpha value is -2.08. The van der Waals surface area contributed by atoms with E-state index in [0.717, 1.165) is 23.9 Å². The van der Waals surface area contributed by atoms with Crippen LogP contribution in [0.15, 0.2) is 29.1 Å². The maximum absolute atomic E-state index is 12.3. The summed E-state index contributed by atoms with van der Waals surface area (Å²) in [6.07, 6.45) is 1.55. The Morgan fingerprint density at radius 3 is 2.57 bits per heavy atom. The molecule has 0 bridgehead atoms. The van der Waals surface area contributed by atoms with Gasteiger partial charge in [0.2, 0.25) is 5.91 Å². The van der Waals surface area contributed by atoms with Crippen LogP contribution < -0.4 is 11.4 Å². The molecule has 0 saturated carbocycles. The summed E-state index contributed by atoms with van der Waals surface area (Å²) in [5.74, 6) is 0.154. The monoisotopic (exact) mass is 316 g/mol. The molecule has 1 fully saturated rings. The van der Waals surface area contributed by atoms with Crippen molar-refractivity contribution in [3.05, 3.63) is 34.7 Å². The lowest BCUT2D eigenvalue weighted by atomic mass is 10.00. The van der Waals surface area contributed by atoms with E-state index in [2.05, 4.69) is 4.98 Å². The van der Waals surface area contributed by atoms with Crippen molar-refractivity contribution >= 4 is 16.9 Å². The highest BCUT2D eigenvalue weighted by molar-refractivity contribution is 5.82. The summed E-state index contributed by atoms with van der Waals surface area (Å²) >= 11 is 0. The standard InChI is InChI=1S/C17H24N4O2/c1-11(2)15(18)16(22)20-9-7-12(8-10-20)21-14-6-4-3-5-13(14)19-17(21)23/h3-6,11-12,15H,7-10,18H2,1-2H3,(H,19,23). The number of hydrogen-bond donors (Lipinski definition) is 2. The van der Waals surface area contributed by atoms with Gasteiger partial charge in [-0.1, -0.05) is 26.0 Å². The normalized spacial score (nSPS) is 17.8. The minimum absolute atomic E-state index is 0.0183. The molecule has 23 heavy (non-hydrogen) atoms. The number of fused-ring (bicyclic) bond motifs is 1. The van der Waals surface area contributed by atoms with Crippen molar-refractivity contribution in [3.63, 3.8) is 0 Å². The van der Waals surface area contributed by atoms with Crippen LogP contribution in [0.25, 0.3) is 11.0 Å². The van der Waals surface area contributed by atoms with Crippen LogP contribution in [0.2, 0.25) is 0 Å². The number of benzene rings is 1. The largest absolute Gasteiger partial charge is 0.341 e. The Kier molecular flexibility index (Phi) is 4.26. The third-order valence-corrected chi connectivity index (χ3v) is 4.77. The first-order chi connectivity index (χ1) is 11.0. The van der Waals surface area contributed by atoms with Crippen LogP contribution in [0.5, 0.6) is 0 Å². The molecule has 2 heterocycles. The Morgan fingerprint density at radius 1 is 1.26 bits per heavy atom. The molecule has 3 N–H and O–H groups in total. The SMILES string of the molecule is CC(C)C(N)C(=O)N1CCC(n2c(=O)[nH]c3ccccc32)CC1. The number of nitrogens with zero attached hydrogens (tertiary/aromatic N) is 2. The first-order valence-electron chi connectivity index (χ1n) is 8.22. The third-order valence-electron chi connectivity index (χ3n) is 4.77. The van der Waals surface area contributed by atoms with E-state index < -0.39 is 6.04 Å². The lowest BCUT2D eigenvalue weighted by Gasteiger charge is -2.34. The number of nitrogens with two attached hydrogens (primary N) is 1. The van der Waals surface area contributed by atoms with Gasteiger partial charge < -0.3 is 15.6 Å². The molecular formula is C17H24N4O2. The summed E-state index contributed by atoms with van der Waals surface area (Å²) in [7, 11) is 0. The van der Waals surface area contributed by atoms with E-state index in [9.17, 15) is 9.59 Å². The van der Waals surface area contributed by atoms with E-state index in [4.69, 9.17) is 5.73 Å². The molecule has 124 valence electrons. The molecule has 1 atom stereocenters. The molecule has 1 amide bonds. The zero-order chi connectivity index (χ0) is 16.6. The minimum Gasteiger partial charge on any atom is -0.341 e. The van der Waals surface area contributed by atoms with Gasteiger partial charge in [-0.15, -0.1) is 0 Å². The van der Waals surface area contributed by atoms with Gasteiger partial charge in [-0.25, -0.2) is 4.79 Å². The number of rotatable bonds is 3. The van der Waals surface area contributed by atoms with E-state index in [1.54, 1.807) is 0 Å². The van der Waals surface area contributed by atoms with E-state index >= 15 is 0 Å². The van der Waals surface area contributed by atoms with Crippen molar-refractivity contribution in [2.45, 2.75) is 38.8 Å². The molecule has 6 heteroatoms. The minimum atomic E-state index is -0.442.